The molecule has 8 nitrogen and oxygen atoms in total. The fourth-order valence-corrected chi connectivity index (χ4v) is 3.41. The van der Waals surface area contributed by atoms with Crippen LogP contribution in [0.25, 0.3) is 22.3 Å². The van der Waals surface area contributed by atoms with E-state index in [1.165, 1.54) is 0 Å². The molecule has 0 fully saturated rings. The fraction of sp³-hybridized carbons (Fsp3) is 0.292. The number of fused-ring (bicyclic) bond motifs is 1. The molecule has 0 atom stereocenters. The Labute approximate surface area is 187 Å². The Morgan fingerprint density at radius 3 is 2.47 bits per heavy atom. The second kappa shape index (κ2) is 8.84. The van der Waals surface area contributed by atoms with Crippen LogP contribution in [0.5, 0.6) is 11.5 Å². The van der Waals surface area contributed by atoms with Crippen molar-refractivity contribution in [2.24, 2.45) is 0 Å². The maximum absolute atomic E-state index is 6.55. The van der Waals surface area contributed by atoms with E-state index in [1.54, 1.807) is 11.8 Å². The number of para-hydroxylation sites is 1. The topological polar surface area (TPSA) is 100 Å². The molecule has 0 aliphatic carbocycles. The van der Waals surface area contributed by atoms with Gasteiger partial charge in [-0.15, -0.1) is 5.10 Å². The molecule has 0 saturated carbocycles. The van der Waals surface area contributed by atoms with Crippen molar-refractivity contribution in [2.45, 2.75) is 26.3 Å². The Morgan fingerprint density at radius 1 is 1.00 bits per heavy atom. The number of rotatable bonds is 7. The maximum atomic E-state index is 6.55. The van der Waals surface area contributed by atoms with Gasteiger partial charge in [0.2, 0.25) is 5.95 Å². The zero-order valence-electron chi connectivity index (χ0n) is 18.8. The third-order valence-electron chi connectivity index (χ3n) is 4.88. The molecule has 0 aliphatic rings. The van der Waals surface area contributed by atoms with Crippen LogP contribution in [0.3, 0.4) is 0 Å². The van der Waals surface area contributed by atoms with E-state index in [0.29, 0.717) is 47.4 Å². The highest BCUT2D eigenvalue weighted by Gasteiger charge is 2.24. The first kappa shape index (κ1) is 21.6. The van der Waals surface area contributed by atoms with Gasteiger partial charge in [0.1, 0.15) is 17.3 Å². The van der Waals surface area contributed by atoms with Crippen LogP contribution in [-0.4, -0.2) is 40.0 Å². The fourth-order valence-electron chi connectivity index (χ4n) is 3.41. The lowest BCUT2D eigenvalue weighted by Crippen LogP contribution is -2.24. The van der Waals surface area contributed by atoms with Crippen molar-refractivity contribution in [3.8, 4) is 22.8 Å². The number of aromatic nitrogens is 4. The summed E-state index contributed by atoms with van der Waals surface area (Å²) < 4.78 is 12.9. The van der Waals surface area contributed by atoms with Crippen molar-refractivity contribution in [1.29, 1.82) is 0 Å². The van der Waals surface area contributed by atoms with Gasteiger partial charge in [-0.2, -0.15) is 4.98 Å². The number of anilines is 2. The SMILES string of the molecule is COCCNc1nc(-c2cccc(Oc3ccccc3)c2)c2c(N)n(C(C)(C)C)nc2n1. The summed E-state index contributed by atoms with van der Waals surface area (Å²) in [7, 11) is 1.65. The predicted octanol–water partition coefficient (Wildman–Crippen LogP) is 4.68. The minimum atomic E-state index is -0.302. The van der Waals surface area contributed by atoms with Crippen molar-refractivity contribution in [3.05, 3.63) is 54.6 Å². The maximum Gasteiger partial charge on any atom is 0.225 e. The highest BCUT2D eigenvalue weighted by Crippen LogP contribution is 2.35. The molecule has 0 aliphatic heterocycles. The molecule has 0 bridgehead atoms. The number of benzene rings is 2. The highest BCUT2D eigenvalue weighted by atomic mass is 16.5. The van der Waals surface area contributed by atoms with Gasteiger partial charge in [0.05, 0.1) is 23.2 Å². The summed E-state index contributed by atoms with van der Waals surface area (Å²) in [6.07, 6.45) is 0. The van der Waals surface area contributed by atoms with Crippen LogP contribution < -0.4 is 15.8 Å². The van der Waals surface area contributed by atoms with Crippen LogP contribution >= 0.6 is 0 Å². The van der Waals surface area contributed by atoms with Crippen LogP contribution in [0.15, 0.2) is 54.6 Å². The molecule has 2 aromatic carbocycles. The summed E-state index contributed by atoms with van der Waals surface area (Å²) in [6, 6.07) is 17.4. The first-order valence-corrected chi connectivity index (χ1v) is 10.5. The molecule has 0 saturated heterocycles. The molecular weight excluding hydrogens is 404 g/mol. The van der Waals surface area contributed by atoms with Gasteiger partial charge in [0, 0.05) is 19.2 Å². The molecule has 8 heteroatoms. The van der Waals surface area contributed by atoms with E-state index in [4.69, 9.17) is 20.2 Å². The lowest BCUT2D eigenvalue weighted by atomic mass is 10.1. The smallest absolute Gasteiger partial charge is 0.225 e. The Balaban J connectivity index is 1.82. The molecule has 32 heavy (non-hydrogen) atoms. The highest BCUT2D eigenvalue weighted by molar-refractivity contribution is 5.99. The third-order valence-corrected chi connectivity index (χ3v) is 4.88. The number of hydrogen-bond acceptors (Lipinski definition) is 7. The number of ether oxygens (including phenoxy) is 2. The largest absolute Gasteiger partial charge is 0.457 e. The third kappa shape index (κ3) is 4.50. The van der Waals surface area contributed by atoms with Crippen molar-refractivity contribution in [2.75, 3.05) is 31.3 Å². The lowest BCUT2D eigenvalue weighted by molar-refractivity contribution is 0.210. The summed E-state index contributed by atoms with van der Waals surface area (Å²) in [5.41, 5.74) is 8.34. The molecule has 0 radical (unpaired) electrons. The van der Waals surface area contributed by atoms with Crippen LogP contribution in [0.2, 0.25) is 0 Å². The van der Waals surface area contributed by atoms with E-state index in [9.17, 15) is 0 Å². The van der Waals surface area contributed by atoms with Gasteiger partial charge in [-0.05, 0) is 45.0 Å². The van der Waals surface area contributed by atoms with Crippen LogP contribution in [-0.2, 0) is 10.3 Å². The molecule has 2 aromatic heterocycles. The summed E-state index contributed by atoms with van der Waals surface area (Å²) >= 11 is 0. The van der Waals surface area contributed by atoms with Crippen molar-refractivity contribution in [3.63, 3.8) is 0 Å². The van der Waals surface area contributed by atoms with E-state index in [1.807, 2.05) is 54.6 Å². The van der Waals surface area contributed by atoms with Crippen molar-refractivity contribution in [1.82, 2.24) is 19.7 Å². The Morgan fingerprint density at radius 2 is 1.75 bits per heavy atom. The Hall–Kier alpha value is -3.65. The van der Waals surface area contributed by atoms with Crippen LogP contribution in [0, 0.1) is 0 Å². The number of nitrogens with two attached hydrogens (primary N) is 1. The molecule has 0 spiro atoms. The monoisotopic (exact) mass is 432 g/mol. The van der Waals surface area contributed by atoms with Gasteiger partial charge in [0.15, 0.2) is 5.65 Å². The van der Waals surface area contributed by atoms with E-state index >= 15 is 0 Å². The summed E-state index contributed by atoms with van der Waals surface area (Å²) in [5, 5.41) is 8.60. The standard InChI is InChI=1S/C24H28N6O2/c1-24(2,3)30-21(25)19-20(27-23(26-13-14-31-4)28-22(19)29-30)16-9-8-12-18(15-16)32-17-10-6-5-7-11-17/h5-12,15H,13-14,25H2,1-4H3,(H,26,28,29). The summed E-state index contributed by atoms with van der Waals surface area (Å²) in [4.78, 5) is 9.38. The van der Waals surface area contributed by atoms with Gasteiger partial charge in [-0.25, -0.2) is 9.67 Å². The molecule has 2 heterocycles. The van der Waals surface area contributed by atoms with Crippen molar-refractivity contribution < 1.29 is 9.47 Å². The summed E-state index contributed by atoms with van der Waals surface area (Å²) in [6.45, 7) is 7.26. The minimum Gasteiger partial charge on any atom is -0.457 e. The first-order valence-electron chi connectivity index (χ1n) is 10.5. The van der Waals surface area contributed by atoms with Crippen LogP contribution in [0.1, 0.15) is 20.8 Å². The molecular formula is C24H28N6O2. The van der Waals surface area contributed by atoms with E-state index < -0.39 is 0 Å². The average Bonchev–Trinajstić information content (AvgIpc) is 3.11. The Kier molecular flexibility index (Phi) is 5.96. The quantitative estimate of drug-likeness (QED) is 0.409. The minimum absolute atomic E-state index is 0.302. The second-order valence-corrected chi connectivity index (χ2v) is 8.42. The molecule has 3 N–H and O–H groups in total. The molecule has 4 aromatic rings. The second-order valence-electron chi connectivity index (χ2n) is 8.42. The number of methoxy groups -OCH3 is 1. The van der Waals surface area contributed by atoms with Gasteiger partial charge in [-0.3, -0.25) is 0 Å². The Bertz CT molecular complexity index is 1210. The zero-order valence-corrected chi connectivity index (χ0v) is 18.8. The van der Waals surface area contributed by atoms with Gasteiger partial charge in [0.25, 0.3) is 0 Å². The average molecular weight is 433 g/mol. The number of hydrogen-bond donors (Lipinski definition) is 2. The molecule has 0 amide bonds. The summed E-state index contributed by atoms with van der Waals surface area (Å²) in [5.74, 6) is 2.47. The molecule has 0 unspecified atom stereocenters. The van der Waals surface area contributed by atoms with Crippen molar-refractivity contribution >= 4 is 22.8 Å². The van der Waals surface area contributed by atoms with Crippen LogP contribution in [0.4, 0.5) is 11.8 Å². The lowest BCUT2D eigenvalue weighted by Gasteiger charge is -2.20. The zero-order chi connectivity index (χ0) is 22.7. The van der Waals surface area contributed by atoms with Gasteiger partial charge < -0.3 is 20.5 Å². The van der Waals surface area contributed by atoms with E-state index in [0.717, 1.165) is 11.3 Å². The number of nitrogen functional groups attached to an aromatic ring is 1. The van der Waals surface area contributed by atoms with Gasteiger partial charge >= 0.3 is 0 Å². The number of nitrogens with zero attached hydrogens (tertiary/aromatic N) is 4. The predicted molar refractivity (Wildman–Crippen MR) is 127 cm³/mol. The number of nitrogens with one attached hydrogen (secondary N) is 1. The van der Waals surface area contributed by atoms with E-state index in [2.05, 4.69) is 36.2 Å². The molecule has 4 rings (SSSR count). The van der Waals surface area contributed by atoms with E-state index in [-0.39, 0.29) is 5.54 Å². The normalized spacial score (nSPS) is 11.6. The van der Waals surface area contributed by atoms with Gasteiger partial charge in [-0.1, -0.05) is 30.3 Å². The first-order chi connectivity index (χ1) is 15.4. The molecule has 166 valence electrons.